The highest BCUT2D eigenvalue weighted by atomic mass is 16.5. The summed E-state index contributed by atoms with van der Waals surface area (Å²) in [5.74, 6) is 1.53. The molecule has 0 fully saturated rings. The molecule has 14 rings (SSSR count). The maximum Gasteiger partial charge on any atom is 0.328 e. The molecular formula is C71H48B2N6O2. The summed E-state index contributed by atoms with van der Waals surface area (Å²) in [6.07, 6.45) is 0.376. The predicted octanol–water partition coefficient (Wildman–Crippen LogP) is 11.5. The smallest absolute Gasteiger partial charge is 0.328 e. The van der Waals surface area contributed by atoms with Crippen molar-refractivity contribution in [3.8, 4) is 34.9 Å². The van der Waals surface area contributed by atoms with Gasteiger partial charge in [-0.3, -0.25) is 0 Å². The lowest BCUT2D eigenvalue weighted by Gasteiger charge is -2.25. The quantitative estimate of drug-likeness (QED) is 0.120. The van der Waals surface area contributed by atoms with Gasteiger partial charge < -0.3 is 18.4 Å². The van der Waals surface area contributed by atoms with E-state index in [0.717, 1.165) is 87.8 Å². The van der Waals surface area contributed by atoms with Gasteiger partial charge in [-0.05, 0) is 60.0 Å². The lowest BCUT2D eigenvalue weighted by Crippen LogP contribution is -2.55. The molecule has 2 aliphatic rings. The molecule has 8 nitrogen and oxygen atoms in total. The minimum Gasteiger partial charge on any atom is -0.437 e. The van der Waals surface area contributed by atoms with Crippen molar-refractivity contribution in [3.05, 3.63) is 276 Å². The van der Waals surface area contributed by atoms with E-state index >= 15 is 0 Å². The van der Waals surface area contributed by atoms with Crippen LogP contribution in [0.25, 0.3) is 54.7 Å². The number of hydrogen-bond acceptors (Lipinski definition) is 6. The zero-order chi connectivity index (χ0) is 54.6. The van der Waals surface area contributed by atoms with Crippen molar-refractivity contribution < 1.29 is 9.47 Å². The van der Waals surface area contributed by atoms with E-state index in [4.69, 9.17) is 19.5 Å². The summed E-state index contributed by atoms with van der Waals surface area (Å²) in [6.45, 7) is 3.12. The lowest BCUT2D eigenvalue weighted by molar-refractivity contribution is 0.560. The van der Waals surface area contributed by atoms with E-state index in [1.165, 1.54) is 0 Å². The minimum absolute atomic E-state index is 0.160. The number of rotatable bonds is 11. The number of ether oxygens (including phenoxy) is 2. The van der Waals surface area contributed by atoms with Crippen LogP contribution in [-0.2, 0) is 6.42 Å². The molecule has 2 aliphatic heterocycles. The van der Waals surface area contributed by atoms with E-state index in [1.807, 2.05) is 72.8 Å². The maximum absolute atomic E-state index is 12.4. The number of nitrogens with zero attached hydrogens (tertiary/aromatic N) is 6. The molecule has 0 saturated heterocycles. The molecule has 0 aliphatic carbocycles. The molecule has 0 saturated carbocycles. The maximum atomic E-state index is 12.4. The Labute approximate surface area is 469 Å². The third-order valence-electron chi connectivity index (χ3n) is 15.8. The van der Waals surface area contributed by atoms with Crippen molar-refractivity contribution in [2.45, 2.75) is 20.3 Å². The first-order chi connectivity index (χ1) is 39.9. The van der Waals surface area contributed by atoms with Gasteiger partial charge in [0, 0.05) is 34.1 Å². The number of fused-ring (bicyclic) bond motifs is 1. The zero-order valence-corrected chi connectivity index (χ0v) is 44.5. The van der Waals surface area contributed by atoms with Gasteiger partial charge in [0.25, 0.3) is 0 Å². The molecule has 2 aromatic heterocycles. The fraction of sp³-hybridized carbons (Fsp3) is 0.0423. The van der Waals surface area contributed by atoms with E-state index in [-0.39, 0.29) is 22.9 Å². The molecule has 0 spiro atoms. The van der Waals surface area contributed by atoms with Crippen molar-refractivity contribution in [3.63, 3.8) is 0 Å². The third kappa shape index (κ3) is 8.32. The fourth-order valence-electron chi connectivity index (χ4n) is 12.2. The van der Waals surface area contributed by atoms with E-state index in [1.54, 1.807) is 0 Å². The van der Waals surface area contributed by atoms with Crippen LogP contribution in [0.1, 0.15) is 22.4 Å². The number of aromatic nitrogens is 2. The standard InChI is InChI=1S/C71H48B2N6O2/c1-46-39-41-48(42-40-46)43-60-65-66(69(78(60)72(51-26-7-3-8-27-51)52-28-9-4-10-29-52)57(45-75)71-77-59-36-18-23-50-25-20-38-62(81-71)64(50)59)67(55-34-16-15-21-47(55)2)79(73(53-30-11-5-12-31-53)54-32-13-6-14-33-54)68(65)56(44-74)70-76-58-35-17-22-49-24-19-37-61(80-70)63(49)58/h3-42H,43H2,1-2H3/b68-56-,69-57-. The van der Waals surface area contributed by atoms with Crippen LogP contribution in [0.4, 0.5) is 11.4 Å². The van der Waals surface area contributed by atoms with Crippen molar-refractivity contribution in [2.24, 2.45) is 9.98 Å². The Morgan fingerprint density at radius 3 is 1.31 bits per heavy atom. The fourth-order valence-corrected chi connectivity index (χ4v) is 12.2. The minimum atomic E-state index is -0.557. The van der Waals surface area contributed by atoms with Gasteiger partial charge in [0.1, 0.15) is 34.8 Å². The molecule has 81 heavy (non-hydrogen) atoms. The van der Waals surface area contributed by atoms with Crippen molar-refractivity contribution >= 4 is 102 Å². The van der Waals surface area contributed by atoms with Gasteiger partial charge in [-0.1, -0.05) is 246 Å². The molecule has 0 N–H and O–H groups in total. The largest absolute Gasteiger partial charge is 0.437 e. The van der Waals surface area contributed by atoms with Crippen LogP contribution in [-0.4, -0.2) is 34.4 Å². The number of benzene rings is 10. The zero-order valence-electron chi connectivity index (χ0n) is 44.5. The highest BCUT2D eigenvalue weighted by Crippen LogP contribution is 2.41. The second kappa shape index (κ2) is 20.3. The summed E-state index contributed by atoms with van der Waals surface area (Å²) < 4.78 is 18.8. The van der Waals surface area contributed by atoms with Gasteiger partial charge in [0.2, 0.25) is 11.8 Å². The van der Waals surface area contributed by atoms with Crippen LogP contribution in [0.15, 0.2) is 253 Å². The summed E-state index contributed by atoms with van der Waals surface area (Å²) in [4.78, 5) is 10.7. The molecule has 10 aromatic carbocycles. The van der Waals surface area contributed by atoms with Crippen LogP contribution in [0.2, 0.25) is 0 Å². The Kier molecular flexibility index (Phi) is 12.2. The summed E-state index contributed by atoms with van der Waals surface area (Å²) in [5.41, 5.74) is 11.4. The molecule has 10 heteroatoms. The van der Waals surface area contributed by atoms with Gasteiger partial charge in [0.15, 0.2) is 0 Å². The topological polar surface area (TPSA) is 101 Å². The molecule has 380 valence electrons. The highest BCUT2D eigenvalue weighted by Gasteiger charge is 2.38. The Balaban J connectivity index is 1.29. The van der Waals surface area contributed by atoms with Crippen molar-refractivity contribution in [1.82, 2.24) is 8.96 Å². The van der Waals surface area contributed by atoms with Gasteiger partial charge in [-0.15, -0.1) is 0 Å². The number of aliphatic imine (C=N–C) groups is 2. The molecule has 0 bridgehead atoms. The van der Waals surface area contributed by atoms with Crippen LogP contribution < -0.4 is 42.0 Å². The van der Waals surface area contributed by atoms with E-state index in [0.29, 0.717) is 40.0 Å². The molecular weight excluding hydrogens is 990 g/mol. The van der Waals surface area contributed by atoms with Gasteiger partial charge in [0.05, 0.1) is 32.8 Å². The number of aryl methyl sites for hydroxylation is 2. The average molecular weight is 1040 g/mol. The first-order valence-corrected chi connectivity index (χ1v) is 27.2. The van der Waals surface area contributed by atoms with E-state index in [9.17, 15) is 10.5 Å². The summed E-state index contributed by atoms with van der Waals surface area (Å²) in [5, 5.41) is 31.2. The van der Waals surface area contributed by atoms with E-state index < -0.39 is 13.7 Å². The molecule has 0 unspecified atom stereocenters. The van der Waals surface area contributed by atoms with Crippen LogP contribution >= 0.6 is 0 Å². The first kappa shape index (κ1) is 48.7. The molecule has 0 amide bonds. The van der Waals surface area contributed by atoms with Crippen LogP contribution in [0.5, 0.6) is 11.5 Å². The van der Waals surface area contributed by atoms with Gasteiger partial charge in [-0.25, -0.2) is 9.98 Å². The summed E-state index contributed by atoms with van der Waals surface area (Å²) in [7, 11) is 0. The SMILES string of the molecule is Cc1ccc(Cc2c3/c(=C(\C#N)C4=Nc5cccc6cccc(c56)O4)n(B(c4ccccc4)c4ccccc4)c(-c4ccccc4C)c3/c(=C(\C#N)C3=Nc4cccc5cccc(c45)O3)n2B(c2ccccc2)c2ccccc2)cc1. The van der Waals surface area contributed by atoms with Crippen molar-refractivity contribution in [2.75, 3.05) is 0 Å². The average Bonchev–Trinajstić information content (AvgIpc) is 4.20. The lowest BCUT2D eigenvalue weighted by atomic mass is 9.50. The third-order valence-corrected chi connectivity index (χ3v) is 15.8. The van der Waals surface area contributed by atoms with E-state index in [2.05, 4.69) is 205 Å². The molecule has 0 radical (unpaired) electrons. The van der Waals surface area contributed by atoms with Crippen LogP contribution in [0, 0.1) is 36.5 Å². The Morgan fingerprint density at radius 2 is 0.852 bits per heavy atom. The monoisotopic (exact) mass is 1040 g/mol. The highest BCUT2D eigenvalue weighted by molar-refractivity contribution is 6.85. The Morgan fingerprint density at radius 1 is 0.432 bits per heavy atom. The normalized spacial score (nSPS) is 13.1. The number of nitriles is 2. The molecule has 0 atom stereocenters. The Bertz CT molecular complexity index is 4550. The Hall–Kier alpha value is -10.7. The van der Waals surface area contributed by atoms with Crippen molar-refractivity contribution in [1.29, 1.82) is 10.5 Å². The summed E-state index contributed by atoms with van der Waals surface area (Å²) >= 11 is 0. The van der Waals surface area contributed by atoms with Gasteiger partial charge >= 0.3 is 13.7 Å². The second-order valence-corrected chi connectivity index (χ2v) is 20.7. The molecule has 4 heterocycles. The predicted molar refractivity (Wildman–Crippen MR) is 331 cm³/mol. The molecule has 12 aromatic rings. The van der Waals surface area contributed by atoms with Crippen LogP contribution in [0.3, 0.4) is 0 Å². The number of hydrogen-bond donors (Lipinski definition) is 0. The van der Waals surface area contributed by atoms with Gasteiger partial charge in [-0.2, -0.15) is 10.5 Å². The summed E-state index contributed by atoms with van der Waals surface area (Å²) in [6, 6.07) is 88.4. The second-order valence-electron chi connectivity index (χ2n) is 20.7. The first-order valence-electron chi connectivity index (χ1n) is 27.2.